The summed E-state index contributed by atoms with van der Waals surface area (Å²) in [5.74, 6) is -0.320. The first-order chi connectivity index (χ1) is 13.2. The number of nitrogens with zero attached hydrogens (tertiary/aromatic N) is 1. The van der Waals surface area contributed by atoms with Gasteiger partial charge in [0.15, 0.2) is 6.35 Å². The number of aliphatic hydroxyl groups excluding tert-OH is 1. The third-order valence-corrected chi connectivity index (χ3v) is 5.83. The number of benzene rings is 1. The number of rotatable bonds is 5. The van der Waals surface area contributed by atoms with Crippen LogP contribution in [0.1, 0.15) is 42.4 Å². The van der Waals surface area contributed by atoms with Gasteiger partial charge in [-0.15, -0.1) is 0 Å². The Kier molecular flexibility index (Phi) is 4.62. The summed E-state index contributed by atoms with van der Waals surface area (Å²) < 4.78 is 37.8. The van der Waals surface area contributed by atoms with Gasteiger partial charge in [0.2, 0.25) is 11.8 Å². The zero-order chi connectivity index (χ0) is 20.1. The van der Waals surface area contributed by atoms with Crippen LogP contribution in [0.25, 0.3) is 0 Å². The smallest absolute Gasteiger partial charge is 0.361 e. The summed E-state index contributed by atoms with van der Waals surface area (Å²) in [5, 5.41) is 15.0. The lowest BCUT2D eigenvalue weighted by Gasteiger charge is -2.27. The number of carbonyl (C=O) groups is 2. The minimum atomic E-state index is -4.26. The van der Waals surface area contributed by atoms with E-state index in [0.717, 1.165) is 24.0 Å². The van der Waals surface area contributed by atoms with Gasteiger partial charge in [0.25, 0.3) is 0 Å². The molecule has 2 aliphatic heterocycles. The molecule has 2 amide bonds. The van der Waals surface area contributed by atoms with Crippen molar-refractivity contribution in [2.75, 3.05) is 0 Å². The third-order valence-electron chi connectivity index (χ3n) is 5.83. The zero-order valence-corrected chi connectivity index (χ0v) is 15.2. The van der Waals surface area contributed by atoms with Crippen LogP contribution in [0.4, 0.5) is 13.2 Å². The molecule has 2 fully saturated rings. The van der Waals surface area contributed by atoms with Crippen LogP contribution >= 0.6 is 0 Å². The third kappa shape index (κ3) is 3.73. The number of fused-ring (bicyclic) bond motifs is 1. The lowest BCUT2D eigenvalue weighted by Crippen LogP contribution is -2.50. The second-order valence-corrected chi connectivity index (χ2v) is 7.91. The lowest BCUT2D eigenvalue weighted by atomic mass is 9.88. The van der Waals surface area contributed by atoms with E-state index in [4.69, 9.17) is 0 Å². The number of halogens is 3. The van der Waals surface area contributed by atoms with Crippen LogP contribution in [0.15, 0.2) is 18.2 Å². The highest BCUT2D eigenvalue weighted by molar-refractivity contribution is 5.90. The molecule has 9 heteroatoms. The Morgan fingerprint density at radius 2 is 1.96 bits per heavy atom. The first kappa shape index (κ1) is 19.2. The van der Waals surface area contributed by atoms with Crippen molar-refractivity contribution in [3.63, 3.8) is 0 Å². The second-order valence-electron chi connectivity index (χ2n) is 7.91. The molecule has 3 N–H and O–H groups in total. The number of carbonyl (C=O) groups excluding carboxylic acids is 2. The van der Waals surface area contributed by atoms with Crippen molar-refractivity contribution in [1.82, 2.24) is 15.5 Å². The van der Waals surface area contributed by atoms with Gasteiger partial charge in [-0.2, -0.15) is 13.2 Å². The van der Waals surface area contributed by atoms with Crippen LogP contribution < -0.4 is 10.6 Å². The van der Waals surface area contributed by atoms with E-state index in [9.17, 15) is 27.9 Å². The summed E-state index contributed by atoms with van der Waals surface area (Å²) in [4.78, 5) is 26.6. The van der Waals surface area contributed by atoms with E-state index in [0.29, 0.717) is 6.54 Å². The quantitative estimate of drug-likeness (QED) is 0.704. The summed E-state index contributed by atoms with van der Waals surface area (Å²) in [6.45, 7) is 0.637. The first-order valence-electron chi connectivity index (χ1n) is 9.38. The van der Waals surface area contributed by atoms with Gasteiger partial charge in [0.05, 0.1) is 6.42 Å². The average molecular weight is 397 g/mol. The molecule has 3 aliphatic rings. The van der Waals surface area contributed by atoms with Crippen molar-refractivity contribution in [3.05, 3.63) is 34.9 Å². The Hall–Kier alpha value is -2.13. The van der Waals surface area contributed by atoms with Crippen LogP contribution in [-0.4, -0.2) is 39.9 Å². The van der Waals surface area contributed by atoms with Crippen LogP contribution in [0, 0.1) is 5.92 Å². The molecule has 2 heterocycles. The normalized spacial score (nSPS) is 27.1. The van der Waals surface area contributed by atoms with Crippen LogP contribution in [0.2, 0.25) is 0 Å². The van der Waals surface area contributed by atoms with Crippen LogP contribution in [-0.2, 0) is 29.1 Å². The predicted octanol–water partition coefficient (Wildman–Crippen LogP) is 1.56. The van der Waals surface area contributed by atoms with Crippen LogP contribution in [0.3, 0.4) is 0 Å². The van der Waals surface area contributed by atoms with Gasteiger partial charge < -0.3 is 15.3 Å². The van der Waals surface area contributed by atoms with E-state index in [1.54, 1.807) is 11.0 Å². The van der Waals surface area contributed by atoms with Gasteiger partial charge in [-0.3, -0.25) is 14.9 Å². The summed E-state index contributed by atoms with van der Waals surface area (Å²) >= 11 is 0. The second kappa shape index (κ2) is 6.73. The fraction of sp³-hybridized carbons (Fsp3) is 0.579. The number of hydrogen-bond donors (Lipinski definition) is 3. The first-order valence-corrected chi connectivity index (χ1v) is 9.38. The van der Waals surface area contributed by atoms with Gasteiger partial charge in [0, 0.05) is 19.5 Å². The molecule has 1 saturated carbocycles. The molecule has 2 atom stereocenters. The zero-order valence-electron chi connectivity index (χ0n) is 15.2. The maximum Gasteiger partial charge on any atom is 0.393 e. The fourth-order valence-electron chi connectivity index (χ4n) is 4.30. The largest absolute Gasteiger partial charge is 0.393 e. The van der Waals surface area contributed by atoms with E-state index < -0.39 is 24.5 Å². The highest BCUT2D eigenvalue weighted by atomic mass is 19.4. The molecule has 1 unspecified atom stereocenters. The molecule has 1 saturated heterocycles. The van der Waals surface area contributed by atoms with Gasteiger partial charge >= 0.3 is 6.18 Å². The molecule has 4 rings (SSSR count). The minimum Gasteiger partial charge on any atom is -0.361 e. The van der Waals surface area contributed by atoms with Crippen molar-refractivity contribution >= 4 is 11.8 Å². The van der Waals surface area contributed by atoms with E-state index >= 15 is 0 Å². The number of hydrogen-bond acceptors (Lipinski definition) is 4. The highest BCUT2D eigenvalue weighted by Gasteiger charge is 2.55. The molecular weight excluding hydrogens is 375 g/mol. The van der Waals surface area contributed by atoms with Crippen molar-refractivity contribution in [2.45, 2.75) is 63.3 Å². The summed E-state index contributed by atoms with van der Waals surface area (Å²) in [7, 11) is 0. The molecule has 152 valence electrons. The monoisotopic (exact) mass is 397 g/mol. The summed E-state index contributed by atoms with van der Waals surface area (Å²) in [6, 6.07) is 4.62. The molecular formula is C19H22F3N3O3. The Bertz CT molecular complexity index is 809. The van der Waals surface area contributed by atoms with E-state index in [1.165, 1.54) is 12.1 Å². The Balaban J connectivity index is 1.39. The predicted molar refractivity (Wildman–Crippen MR) is 92.4 cm³/mol. The molecule has 6 nitrogen and oxygen atoms in total. The summed E-state index contributed by atoms with van der Waals surface area (Å²) in [5.41, 5.74) is 0.859. The summed E-state index contributed by atoms with van der Waals surface area (Å²) in [6.07, 6.45) is -4.19. The molecule has 0 aromatic heterocycles. The van der Waals surface area contributed by atoms with E-state index in [2.05, 4.69) is 10.6 Å². The lowest BCUT2D eigenvalue weighted by molar-refractivity contribution is -0.133. The van der Waals surface area contributed by atoms with Crippen molar-refractivity contribution in [1.29, 1.82) is 0 Å². The molecule has 0 radical (unpaired) electrons. The van der Waals surface area contributed by atoms with Gasteiger partial charge in [0.1, 0.15) is 5.54 Å². The van der Waals surface area contributed by atoms with Crippen molar-refractivity contribution in [3.8, 4) is 0 Å². The van der Waals surface area contributed by atoms with Gasteiger partial charge in [-0.1, -0.05) is 18.2 Å². The Morgan fingerprint density at radius 1 is 1.25 bits per heavy atom. The molecule has 1 aromatic carbocycles. The van der Waals surface area contributed by atoms with E-state index in [1.807, 2.05) is 0 Å². The van der Waals surface area contributed by atoms with Crippen LogP contribution in [0.5, 0.6) is 0 Å². The minimum absolute atomic E-state index is 0.109. The van der Waals surface area contributed by atoms with E-state index in [-0.39, 0.29) is 42.7 Å². The van der Waals surface area contributed by atoms with Crippen molar-refractivity contribution in [2.24, 2.45) is 5.92 Å². The molecule has 28 heavy (non-hydrogen) atoms. The molecule has 1 aliphatic carbocycles. The number of alkyl halides is 3. The molecule has 1 aromatic rings. The maximum atomic E-state index is 12.7. The van der Waals surface area contributed by atoms with Gasteiger partial charge in [-0.25, -0.2) is 0 Å². The number of aliphatic hydroxyl groups is 1. The Morgan fingerprint density at radius 3 is 2.57 bits per heavy atom. The average Bonchev–Trinajstić information content (AvgIpc) is 3.29. The molecule has 0 spiro atoms. The SMILES string of the molecule is O=C(CC[C@@]1(C2CC2)NC(O)NC1=O)N1Cc2ccc(CC(F)(F)F)cc2C1. The highest BCUT2D eigenvalue weighted by Crippen LogP contribution is 2.44. The number of nitrogens with one attached hydrogen (secondary N) is 2. The fourth-order valence-corrected chi connectivity index (χ4v) is 4.30. The maximum absolute atomic E-state index is 12.7. The Labute approximate surface area is 160 Å². The number of amides is 2. The van der Waals surface area contributed by atoms with Crippen molar-refractivity contribution < 1.29 is 27.9 Å². The van der Waals surface area contributed by atoms with Gasteiger partial charge in [-0.05, 0) is 41.9 Å². The topological polar surface area (TPSA) is 81.7 Å². The molecule has 0 bridgehead atoms. The standard InChI is InChI=1S/C19H22F3N3O3/c20-19(21,22)8-11-1-2-12-9-25(10-13(12)7-11)15(26)5-6-18(14-3-4-14)16(27)23-17(28)24-18/h1-2,7,14,17,24,28H,3-6,8-10H2,(H,23,27)/t17?,18-/m0/s1.